The van der Waals surface area contributed by atoms with Gasteiger partial charge in [-0.3, -0.25) is 9.59 Å². The summed E-state index contributed by atoms with van der Waals surface area (Å²) in [5.41, 5.74) is 1.08. The molecule has 6 nitrogen and oxygen atoms in total. The number of rotatable bonds is 10. The maximum atomic E-state index is 11.9. The largest absolute Gasteiger partial charge is 0.385 e. The van der Waals surface area contributed by atoms with Crippen LogP contribution in [0.15, 0.2) is 18.2 Å². The minimum absolute atomic E-state index is 0.0630. The van der Waals surface area contributed by atoms with Crippen molar-refractivity contribution in [3.8, 4) is 0 Å². The lowest BCUT2D eigenvalue weighted by atomic mass is 10.2. The molecule has 3 N–H and O–H groups in total. The molecule has 0 aromatic heterocycles. The van der Waals surface area contributed by atoms with Gasteiger partial charge >= 0.3 is 0 Å². The summed E-state index contributed by atoms with van der Waals surface area (Å²) in [4.78, 5) is 23.5. The molecule has 0 aliphatic heterocycles. The molecule has 1 rings (SSSR count). The van der Waals surface area contributed by atoms with E-state index in [0.29, 0.717) is 36.0 Å². The number of halogens is 1. The molecule has 1 aromatic carbocycles. The third kappa shape index (κ3) is 7.97. The summed E-state index contributed by atoms with van der Waals surface area (Å²) in [6, 6.07) is 5.00. The van der Waals surface area contributed by atoms with Crippen LogP contribution in [-0.2, 0) is 14.3 Å². The number of hydrogen-bond donors (Lipinski definition) is 3. The first kappa shape index (κ1) is 19.4. The number of carbonyl (C=O) groups is 2. The van der Waals surface area contributed by atoms with Gasteiger partial charge in [0.15, 0.2) is 0 Å². The topological polar surface area (TPSA) is 79.5 Å². The Kier molecular flexibility index (Phi) is 9.28. The molecule has 7 heteroatoms. The summed E-state index contributed by atoms with van der Waals surface area (Å²) in [7, 11) is 1.64. The second-order valence-corrected chi connectivity index (χ2v) is 5.47. The smallest absolute Gasteiger partial charge is 0.238 e. The van der Waals surface area contributed by atoms with E-state index >= 15 is 0 Å². The molecule has 0 heterocycles. The molecule has 0 bridgehead atoms. The summed E-state index contributed by atoms with van der Waals surface area (Å²) in [5, 5.41) is 8.94. The second-order valence-electron chi connectivity index (χ2n) is 5.06. The Bertz CT molecular complexity index is 523. The van der Waals surface area contributed by atoms with E-state index in [1.165, 1.54) is 0 Å². The van der Waals surface area contributed by atoms with Crippen molar-refractivity contribution in [1.29, 1.82) is 0 Å². The zero-order valence-electron chi connectivity index (χ0n) is 13.6. The molecule has 0 spiro atoms. The Morgan fingerprint density at radius 1 is 1.22 bits per heavy atom. The molecular weight excluding hydrogens is 318 g/mol. The Morgan fingerprint density at radius 2 is 2.00 bits per heavy atom. The van der Waals surface area contributed by atoms with Gasteiger partial charge in [-0.15, -0.1) is 0 Å². The predicted octanol–water partition coefficient (Wildman–Crippen LogP) is 2.64. The molecule has 0 saturated heterocycles. The quantitative estimate of drug-likeness (QED) is 0.572. The lowest BCUT2D eigenvalue weighted by Gasteiger charge is -2.11. The fourth-order valence-electron chi connectivity index (χ4n) is 1.89. The van der Waals surface area contributed by atoms with E-state index < -0.39 is 0 Å². The minimum Gasteiger partial charge on any atom is -0.385 e. The molecule has 128 valence electrons. The maximum Gasteiger partial charge on any atom is 0.238 e. The summed E-state index contributed by atoms with van der Waals surface area (Å²) in [6.07, 6.45) is 2.07. The predicted molar refractivity (Wildman–Crippen MR) is 93.0 cm³/mol. The molecular formula is C16H24ClN3O3. The minimum atomic E-state index is -0.193. The van der Waals surface area contributed by atoms with Crippen LogP contribution in [0.5, 0.6) is 0 Å². The highest BCUT2D eigenvalue weighted by molar-refractivity contribution is 6.33. The van der Waals surface area contributed by atoms with Gasteiger partial charge in [0.1, 0.15) is 0 Å². The van der Waals surface area contributed by atoms with Gasteiger partial charge in [0.05, 0.1) is 17.3 Å². The van der Waals surface area contributed by atoms with Gasteiger partial charge in [0.25, 0.3) is 0 Å². The number of carbonyl (C=O) groups excluding carboxylic acids is 2. The molecule has 0 atom stereocenters. The number of methoxy groups -OCH3 is 1. The fraction of sp³-hybridized carbons (Fsp3) is 0.500. The van der Waals surface area contributed by atoms with E-state index in [1.54, 1.807) is 25.3 Å². The lowest BCUT2D eigenvalue weighted by molar-refractivity contribution is -0.116. The van der Waals surface area contributed by atoms with Crippen LogP contribution in [0.4, 0.5) is 11.4 Å². The van der Waals surface area contributed by atoms with Gasteiger partial charge < -0.3 is 20.7 Å². The van der Waals surface area contributed by atoms with Crippen LogP contribution >= 0.6 is 11.6 Å². The standard InChI is InChI=1S/C16H24ClN3O3/c1-3-5-15(21)19-12-6-7-13(17)14(10-12)20-16(22)11-18-8-4-9-23-2/h6-7,10,18H,3-5,8-9,11H2,1-2H3,(H,19,21)(H,20,22). The molecule has 0 fully saturated rings. The first-order valence-corrected chi connectivity index (χ1v) is 8.03. The van der Waals surface area contributed by atoms with Crippen LogP contribution in [0, 0.1) is 0 Å². The number of anilines is 2. The van der Waals surface area contributed by atoms with Crippen LogP contribution in [0.25, 0.3) is 0 Å². The Balaban J connectivity index is 2.51. The summed E-state index contributed by atoms with van der Waals surface area (Å²) < 4.78 is 4.93. The molecule has 2 amide bonds. The summed E-state index contributed by atoms with van der Waals surface area (Å²) in [5.74, 6) is -0.256. The Morgan fingerprint density at radius 3 is 2.70 bits per heavy atom. The molecule has 23 heavy (non-hydrogen) atoms. The van der Waals surface area contributed by atoms with Crippen LogP contribution in [-0.4, -0.2) is 38.6 Å². The van der Waals surface area contributed by atoms with E-state index in [0.717, 1.165) is 12.8 Å². The van der Waals surface area contributed by atoms with Crippen molar-refractivity contribution in [1.82, 2.24) is 5.32 Å². The molecule has 0 aliphatic rings. The van der Waals surface area contributed by atoms with Crippen LogP contribution in [0.2, 0.25) is 5.02 Å². The Hall–Kier alpha value is -1.63. The zero-order valence-corrected chi connectivity index (χ0v) is 14.3. The lowest BCUT2D eigenvalue weighted by Crippen LogP contribution is -2.29. The molecule has 0 saturated carbocycles. The average Bonchev–Trinajstić information content (AvgIpc) is 2.50. The highest BCUT2D eigenvalue weighted by atomic mass is 35.5. The number of benzene rings is 1. The first-order valence-electron chi connectivity index (χ1n) is 7.65. The summed E-state index contributed by atoms with van der Waals surface area (Å²) >= 11 is 6.08. The van der Waals surface area contributed by atoms with Crippen molar-refractivity contribution in [3.63, 3.8) is 0 Å². The van der Waals surface area contributed by atoms with Crippen molar-refractivity contribution < 1.29 is 14.3 Å². The fourth-order valence-corrected chi connectivity index (χ4v) is 2.05. The highest BCUT2D eigenvalue weighted by Crippen LogP contribution is 2.25. The maximum absolute atomic E-state index is 11.9. The van der Waals surface area contributed by atoms with Crippen molar-refractivity contribution in [2.24, 2.45) is 0 Å². The van der Waals surface area contributed by atoms with Gasteiger partial charge in [-0.1, -0.05) is 18.5 Å². The number of ether oxygens (including phenoxy) is 1. The zero-order chi connectivity index (χ0) is 17.1. The van der Waals surface area contributed by atoms with Crippen molar-refractivity contribution in [2.45, 2.75) is 26.2 Å². The SMILES string of the molecule is CCCC(=O)Nc1ccc(Cl)c(NC(=O)CNCCCOC)c1. The first-order chi connectivity index (χ1) is 11.1. The number of amides is 2. The summed E-state index contributed by atoms with van der Waals surface area (Å²) in [6.45, 7) is 3.47. The van der Waals surface area contributed by atoms with Gasteiger partial charge in [-0.2, -0.15) is 0 Å². The van der Waals surface area contributed by atoms with E-state index in [4.69, 9.17) is 16.3 Å². The second kappa shape index (κ2) is 11.0. The van der Waals surface area contributed by atoms with E-state index in [-0.39, 0.29) is 18.4 Å². The van der Waals surface area contributed by atoms with Crippen LogP contribution in [0.3, 0.4) is 0 Å². The number of hydrogen-bond acceptors (Lipinski definition) is 4. The monoisotopic (exact) mass is 341 g/mol. The third-order valence-electron chi connectivity index (χ3n) is 2.99. The van der Waals surface area contributed by atoms with Crippen molar-refractivity contribution >= 4 is 34.8 Å². The van der Waals surface area contributed by atoms with Gasteiger partial charge in [-0.05, 0) is 37.6 Å². The molecule has 0 radical (unpaired) electrons. The van der Waals surface area contributed by atoms with Crippen LogP contribution in [0.1, 0.15) is 26.2 Å². The molecule has 0 aliphatic carbocycles. The highest BCUT2D eigenvalue weighted by Gasteiger charge is 2.08. The molecule has 1 aromatic rings. The van der Waals surface area contributed by atoms with Gasteiger partial charge in [0.2, 0.25) is 11.8 Å². The van der Waals surface area contributed by atoms with E-state index in [2.05, 4.69) is 16.0 Å². The number of nitrogens with one attached hydrogen (secondary N) is 3. The average molecular weight is 342 g/mol. The Labute approximate surface area is 141 Å². The third-order valence-corrected chi connectivity index (χ3v) is 3.32. The van der Waals surface area contributed by atoms with Gasteiger partial charge in [-0.25, -0.2) is 0 Å². The normalized spacial score (nSPS) is 10.4. The van der Waals surface area contributed by atoms with Crippen LogP contribution < -0.4 is 16.0 Å². The van der Waals surface area contributed by atoms with E-state index in [9.17, 15) is 9.59 Å². The van der Waals surface area contributed by atoms with E-state index in [1.807, 2.05) is 6.92 Å². The van der Waals surface area contributed by atoms with Crippen molar-refractivity contribution in [3.05, 3.63) is 23.2 Å². The molecule has 0 unspecified atom stereocenters. The van der Waals surface area contributed by atoms with Crippen molar-refractivity contribution in [2.75, 3.05) is 37.4 Å². The van der Waals surface area contributed by atoms with Gasteiger partial charge in [0, 0.05) is 25.8 Å².